The largest absolute Gasteiger partial charge is 0.481 e. The third kappa shape index (κ3) is 5.36. The van der Waals surface area contributed by atoms with Crippen molar-refractivity contribution in [3.63, 3.8) is 0 Å². The Morgan fingerprint density at radius 2 is 2.05 bits per heavy atom. The van der Waals surface area contributed by atoms with Gasteiger partial charge in [0, 0.05) is 26.2 Å². The zero-order valence-electron chi connectivity index (χ0n) is 12.6. The summed E-state index contributed by atoms with van der Waals surface area (Å²) in [7, 11) is 1.62. The van der Waals surface area contributed by atoms with Gasteiger partial charge in [0.15, 0.2) is 0 Å². The summed E-state index contributed by atoms with van der Waals surface area (Å²) in [5.74, 6) is -0.680. The minimum Gasteiger partial charge on any atom is -0.481 e. The van der Waals surface area contributed by atoms with Crippen LogP contribution in [0.15, 0.2) is 0 Å². The van der Waals surface area contributed by atoms with Crippen molar-refractivity contribution in [2.24, 2.45) is 11.8 Å². The molecule has 2 N–H and O–H groups in total. The molecule has 0 bridgehead atoms. The van der Waals surface area contributed by atoms with Crippen molar-refractivity contribution in [1.82, 2.24) is 10.2 Å². The van der Waals surface area contributed by atoms with Crippen LogP contribution in [-0.4, -0.2) is 54.9 Å². The molecular weight excluding hydrogens is 260 g/mol. The van der Waals surface area contributed by atoms with Crippen LogP contribution in [0.2, 0.25) is 0 Å². The Kier molecular flexibility index (Phi) is 6.78. The molecule has 0 aromatic carbocycles. The number of hydrogen-bond donors (Lipinski definition) is 2. The van der Waals surface area contributed by atoms with E-state index in [9.17, 15) is 9.59 Å². The summed E-state index contributed by atoms with van der Waals surface area (Å²) in [5, 5.41) is 11.6. The first-order valence-corrected chi connectivity index (χ1v) is 7.23. The Morgan fingerprint density at radius 3 is 2.55 bits per heavy atom. The van der Waals surface area contributed by atoms with Crippen molar-refractivity contribution < 1.29 is 19.4 Å². The summed E-state index contributed by atoms with van der Waals surface area (Å²) in [6.07, 6.45) is 2.79. The average Bonchev–Trinajstić information content (AvgIpc) is 3.22. The molecule has 0 aromatic rings. The Hall–Kier alpha value is -1.30. The van der Waals surface area contributed by atoms with Gasteiger partial charge in [0.2, 0.25) is 0 Å². The predicted molar refractivity (Wildman–Crippen MR) is 75.6 cm³/mol. The van der Waals surface area contributed by atoms with E-state index in [-0.39, 0.29) is 12.1 Å². The number of carbonyl (C=O) groups excluding carboxylic acids is 1. The van der Waals surface area contributed by atoms with E-state index in [0.717, 1.165) is 0 Å². The topological polar surface area (TPSA) is 78.9 Å². The number of carbonyl (C=O) groups is 2. The van der Waals surface area contributed by atoms with Gasteiger partial charge in [0.1, 0.15) is 0 Å². The quantitative estimate of drug-likeness (QED) is 0.674. The lowest BCUT2D eigenvalue weighted by Gasteiger charge is -2.29. The Labute approximate surface area is 120 Å². The van der Waals surface area contributed by atoms with Crippen LogP contribution in [0.3, 0.4) is 0 Å². The second-order valence-electron chi connectivity index (χ2n) is 5.52. The molecule has 2 unspecified atom stereocenters. The van der Waals surface area contributed by atoms with Gasteiger partial charge in [0.25, 0.3) is 0 Å². The highest BCUT2D eigenvalue weighted by molar-refractivity contribution is 5.74. The van der Waals surface area contributed by atoms with Crippen molar-refractivity contribution >= 4 is 12.0 Å². The number of aliphatic carboxylic acids is 1. The van der Waals surface area contributed by atoms with Gasteiger partial charge in [0.05, 0.1) is 12.5 Å². The molecule has 6 nitrogen and oxygen atoms in total. The molecule has 1 saturated carbocycles. The molecule has 0 heterocycles. The van der Waals surface area contributed by atoms with Gasteiger partial charge in [-0.25, -0.2) is 4.79 Å². The predicted octanol–water partition coefficient (Wildman–Crippen LogP) is 1.55. The van der Waals surface area contributed by atoms with Gasteiger partial charge in [-0.3, -0.25) is 4.79 Å². The third-order valence-electron chi connectivity index (χ3n) is 3.87. The molecular formula is C14H26N2O4. The summed E-state index contributed by atoms with van der Waals surface area (Å²) in [6, 6.07) is 0.0843. The van der Waals surface area contributed by atoms with Crippen LogP contribution in [0.5, 0.6) is 0 Å². The van der Waals surface area contributed by atoms with E-state index >= 15 is 0 Å². The summed E-state index contributed by atoms with van der Waals surface area (Å²) in [5.41, 5.74) is 0. The van der Waals surface area contributed by atoms with Crippen LogP contribution in [0.25, 0.3) is 0 Å². The Bertz CT molecular complexity index is 331. The van der Waals surface area contributed by atoms with Crippen LogP contribution in [0.4, 0.5) is 4.79 Å². The molecule has 20 heavy (non-hydrogen) atoms. The molecule has 1 rings (SSSR count). The normalized spacial score (nSPS) is 17.4. The first-order valence-electron chi connectivity index (χ1n) is 7.23. The molecule has 116 valence electrons. The number of amides is 2. The standard InChI is InChI=1S/C14H26N2O4/c1-10(13(17)18)6-7-15-14(19)16(8-9-20-3)11(2)12-4-5-12/h10-12H,4-9H2,1-3H3,(H,15,19)(H,17,18). The fourth-order valence-corrected chi connectivity index (χ4v) is 2.13. The smallest absolute Gasteiger partial charge is 0.317 e. The van der Waals surface area contributed by atoms with E-state index in [1.54, 1.807) is 18.9 Å². The molecule has 1 aliphatic carbocycles. The summed E-state index contributed by atoms with van der Waals surface area (Å²) in [4.78, 5) is 24.7. The minimum absolute atomic E-state index is 0.126. The molecule has 0 radical (unpaired) electrons. The van der Waals surface area contributed by atoms with Gasteiger partial charge < -0.3 is 20.1 Å². The lowest BCUT2D eigenvalue weighted by atomic mass is 10.1. The van der Waals surface area contributed by atoms with E-state index in [2.05, 4.69) is 12.2 Å². The van der Waals surface area contributed by atoms with Crippen LogP contribution >= 0.6 is 0 Å². The van der Waals surface area contributed by atoms with Crippen molar-refractivity contribution in [1.29, 1.82) is 0 Å². The van der Waals surface area contributed by atoms with Gasteiger partial charge in [-0.15, -0.1) is 0 Å². The number of methoxy groups -OCH3 is 1. The number of carboxylic acids is 1. The van der Waals surface area contributed by atoms with E-state index in [1.807, 2.05) is 0 Å². The van der Waals surface area contributed by atoms with Gasteiger partial charge in [-0.2, -0.15) is 0 Å². The van der Waals surface area contributed by atoms with Crippen LogP contribution in [0, 0.1) is 11.8 Å². The summed E-state index contributed by atoms with van der Waals surface area (Å²) < 4.78 is 5.05. The fourth-order valence-electron chi connectivity index (χ4n) is 2.13. The molecule has 1 fully saturated rings. The van der Waals surface area contributed by atoms with E-state index < -0.39 is 11.9 Å². The minimum atomic E-state index is -0.832. The van der Waals surface area contributed by atoms with Crippen LogP contribution in [0.1, 0.15) is 33.1 Å². The molecule has 2 amide bonds. The highest BCUT2D eigenvalue weighted by atomic mass is 16.5. The number of carboxylic acid groups (broad SMARTS) is 1. The van der Waals surface area contributed by atoms with E-state index in [4.69, 9.17) is 9.84 Å². The van der Waals surface area contributed by atoms with Crippen molar-refractivity contribution in [2.75, 3.05) is 26.8 Å². The monoisotopic (exact) mass is 286 g/mol. The Balaban J connectivity index is 2.39. The lowest BCUT2D eigenvalue weighted by Crippen LogP contribution is -2.47. The number of rotatable bonds is 9. The summed E-state index contributed by atoms with van der Waals surface area (Å²) >= 11 is 0. The zero-order valence-corrected chi connectivity index (χ0v) is 12.6. The molecule has 6 heteroatoms. The number of nitrogens with one attached hydrogen (secondary N) is 1. The van der Waals surface area contributed by atoms with Gasteiger partial charge in [-0.1, -0.05) is 6.92 Å². The van der Waals surface area contributed by atoms with E-state index in [0.29, 0.717) is 32.0 Å². The number of hydrogen-bond acceptors (Lipinski definition) is 3. The third-order valence-corrected chi connectivity index (χ3v) is 3.87. The highest BCUT2D eigenvalue weighted by Crippen LogP contribution is 2.35. The SMILES string of the molecule is COCCN(C(=O)NCCC(C)C(=O)O)C(C)C1CC1. The van der Waals surface area contributed by atoms with Crippen molar-refractivity contribution in [3.8, 4) is 0 Å². The highest BCUT2D eigenvalue weighted by Gasteiger charge is 2.34. The number of nitrogens with zero attached hydrogens (tertiary/aromatic N) is 1. The first kappa shape index (κ1) is 16.8. The summed E-state index contributed by atoms with van der Waals surface area (Å²) in [6.45, 7) is 5.16. The average molecular weight is 286 g/mol. The van der Waals surface area contributed by atoms with Crippen molar-refractivity contribution in [2.45, 2.75) is 39.2 Å². The van der Waals surface area contributed by atoms with E-state index in [1.165, 1.54) is 12.8 Å². The van der Waals surface area contributed by atoms with Crippen LogP contribution < -0.4 is 5.32 Å². The molecule has 0 aliphatic heterocycles. The van der Waals surface area contributed by atoms with Gasteiger partial charge >= 0.3 is 12.0 Å². The maximum Gasteiger partial charge on any atom is 0.317 e. The lowest BCUT2D eigenvalue weighted by molar-refractivity contribution is -0.141. The van der Waals surface area contributed by atoms with Crippen molar-refractivity contribution in [3.05, 3.63) is 0 Å². The molecule has 2 atom stereocenters. The number of ether oxygens (including phenoxy) is 1. The number of urea groups is 1. The second kappa shape index (κ2) is 8.09. The molecule has 0 saturated heterocycles. The molecule has 1 aliphatic rings. The first-order chi connectivity index (χ1) is 9.47. The fraction of sp³-hybridized carbons (Fsp3) is 0.857. The molecule has 0 aromatic heterocycles. The Morgan fingerprint density at radius 1 is 1.40 bits per heavy atom. The van der Waals surface area contributed by atoms with Crippen LogP contribution in [-0.2, 0) is 9.53 Å². The maximum atomic E-state index is 12.2. The second-order valence-corrected chi connectivity index (χ2v) is 5.52. The zero-order chi connectivity index (χ0) is 15.1. The molecule has 0 spiro atoms. The van der Waals surface area contributed by atoms with Gasteiger partial charge in [-0.05, 0) is 32.1 Å². The maximum absolute atomic E-state index is 12.2.